The van der Waals surface area contributed by atoms with Gasteiger partial charge < -0.3 is 14.8 Å². The molecule has 0 aromatic rings. The summed E-state index contributed by atoms with van der Waals surface area (Å²) in [7, 11) is 0. The third kappa shape index (κ3) is 2.26. The quantitative estimate of drug-likeness (QED) is 0.778. The third-order valence-corrected chi connectivity index (χ3v) is 4.25. The molecule has 2 fully saturated rings. The Morgan fingerprint density at radius 2 is 2.11 bits per heavy atom. The second-order valence-electron chi connectivity index (χ2n) is 5.55. The lowest BCUT2D eigenvalue weighted by Crippen LogP contribution is -2.41. The smallest absolute Gasteiger partial charge is 0.333 e. The van der Waals surface area contributed by atoms with Crippen LogP contribution in [0.15, 0.2) is 11.8 Å². The molecular formula is C14H21NO3. The number of nitrogens with one attached hydrogen (secondary N) is 1. The van der Waals surface area contributed by atoms with Crippen molar-refractivity contribution >= 4 is 5.97 Å². The first-order valence-corrected chi connectivity index (χ1v) is 7.09. The molecule has 1 N–H and O–H groups in total. The Kier molecular flexibility index (Phi) is 3.29. The van der Waals surface area contributed by atoms with Gasteiger partial charge in [-0.2, -0.15) is 0 Å². The highest BCUT2D eigenvalue weighted by Gasteiger charge is 2.44. The van der Waals surface area contributed by atoms with E-state index >= 15 is 0 Å². The van der Waals surface area contributed by atoms with Crippen LogP contribution in [0, 0.1) is 0 Å². The minimum atomic E-state index is -0.339. The molecule has 0 aromatic carbocycles. The van der Waals surface area contributed by atoms with E-state index in [1.54, 1.807) is 6.08 Å². The predicted molar refractivity (Wildman–Crippen MR) is 67.0 cm³/mol. The first kappa shape index (κ1) is 12.0. The number of hydrogen-bond donors (Lipinski definition) is 1. The Hall–Kier alpha value is -1.03. The van der Waals surface area contributed by atoms with E-state index in [1.807, 2.05) is 0 Å². The molecule has 1 spiro atoms. The predicted octanol–water partition coefficient (Wildman–Crippen LogP) is 1.90. The normalized spacial score (nSPS) is 30.3. The number of carbonyl (C=O) groups is 1. The minimum Gasteiger partial charge on any atom is -0.449 e. The molecule has 4 nitrogen and oxygen atoms in total. The minimum absolute atomic E-state index is 0.188. The Labute approximate surface area is 108 Å². The zero-order valence-corrected chi connectivity index (χ0v) is 10.7. The summed E-state index contributed by atoms with van der Waals surface area (Å²) >= 11 is 0. The molecule has 1 aliphatic carbocycles. The van der Waals surface area contributed by atoms with Gasteiger partial charge in [-0.3, -0.25) is 0 Å². The second-order valence-corrected chi connectivity index (χ2v) is 5.55. The van der Waals surface area contributed by atoms with Crippen LogP contribution in [0.25, 0.3) is 0 Å². The van der Waals surface area contributed by atoms with Gasteiger partial charge in [0.05, 0.1) is 11.8 Å². The largest absolute Gasteiger partial charge is 0.449 e. The van der Waals surface area contributed by atoms with Gasteiger partial charge in [-0.1, -0.05) is 6.42 Å². The van der Waals surface area contributed by atoms with Crippen molar-refractivity contribution in [2.24, 2.45) is 0 Å². The maximum Gasteiger partial charge on any atom is 0.333 e. The van der Waals surface area contributed by atoms with Crippen LogP contribution >= 0.6 is 0 Å². The highest BCUT2D eigenvalue weighted by atomic mass is 16.6. The van der Waals surface area contributed by atoms with E-state index in [4.69, 9.17) is 9.47 Å². The van der Waals surface area contributed by atoms with Crippen molar-refractivity contribution in [3.05, 3.63) is 11.8 Å². The third-order valence-electron chi connectivity index (χ3n) is 4.25. The number of carbonyl (C=O) groups excluding carboxylic acids is 1. The van der Waals surface area contributed by atoms with E-state index in [-0.39, 0.29) is 11.6 Å². The molecule has 0 radical (unpaired) electrons. The van der Waals surface area contributed by atoms with Crippen LogP contribution in [-0.2, 0) is 14.3 Å². The van der Waals surface area contributed by atoms with Gasteiger partial charge in [0, 0.05) is 19.2 Å². The van der Waals surface area contributed by atoms with E-state index in [2.05, 4.69) is 5.32 Å². The first-order valence-electron chi connectivity index (χ1n) is 7.09. The summed E-state index contributed by atoms with van der Waals surface area (Å²) in [6.45, 7) is 1.66. The summed E-state index contributed by atoms with van der Waals surface area (Å²) in [5, 5.41) is 3.40. The molecule has 4 heteroatoms. The summed E-state index contributed by atoms with van der Waals surface area (Å²) in [5.41, 5.74) is 0.649. The van der Waals surface area contributed by atoms with Crippen molar-refractivity contribution in [3.63, 3.8) is 0 Å². The maximum atomic E-state index is 11.6. The van der Waals surface area contributed by atoms with Crippen LogP contribution in [0.2, 0.25) is 0 Å². The molecule has 100 valence electrons. The lowest BCUT2D eigenvalue weighted by atomic mass is 9.83. The average Bonchev–Trinajstić information content (AvgIpc) is 2.97. The van der Waals surface area contributed by atoms with Gasteiger partial charge in [-0.05, 0) is 38.5 Å². The fourth-order valence-electron chi connectivity index (χ4n) is 3.26. The molecule has 1 unspecified atom stereocenters. The standard InChI is InChI=1S/C14H21NO3/c16-13-9-12(15-10-11-5-4-8-17-11)14(18-13)6-2-1-3-7-14/h9,11,15H,1-8,10H2. The number of rotatable bonds is 3. The van der Waals surface area contributed by atoms with Crippen LogP contribution in [0.1, 0.15) is 44.9 Å². The molecule has 0 amide bonds. The summed E-state index contributed by atoms with van der Waals surface area (Å²) in [5.74, 6) is -0.188. The van der Waals surface area contributed by atoms with Crippen LogP contribution in [0.3, 0.4) is 0 Å². The number of ether oxygens (including phenoxy) is 2. The molecule has 3 aliphatic rings. The molecule has 2 heterocycles. The number of hydrogen-bond acceptors (Lipinski definition) is 4. The van der Waals surface area contributed by atoms with Crippen molar-refractivity contribution < 1.29 is 14.3 Å². The van der Waals surface area contributed by atoms with Crippen molar-refractivity contribution in [2.75, 3.05) is 13.2 Å². The van der Waals surface area contributed by atoms with Crippen LogP contribution in [0.5, 0.6) is 0 Å². The van der Waals surface area contributed by atoms with E-state index in [9.17, 15) is 4.79 Å². The van der Waals surface area contributed by atoms with Gasteiger partial charge >= 0.3 is 5.97 Å². The van der Waals surface area contributed by atoms with Crippen LogP contribution < -0.4 is 5.32 Å². The Balaban J connectivity index is 1.64. The summed E-state index contributed by atoms with van der Waals surface area (Å²) in [6, 6.07) is 0. The Morgan fingerprint density at radius 1 is 1.28 bits per heavy atom. The van der Waals surface area contributed by atoms with E-state index in [1.165, 1.54) is 6.42 Å². The number of esters is 1. The lowest BCUT2D eigenvalue weighted by molar-refractivity contribution is -0.148. The van der Waals surface area contributed by atoms with Gasteiger partial charge in [-0.15, -0.1) is 0 Å². The molecule has 3 rings (SSSR count). The lowest BCUT2D eigenvalue weighted by Gasteiger charge is -2.35. The van der Waals surface area contributed by atoms with Gasteiger partial charge in [0.1, 0.15) is 0 Å². The molecule has 1 saturated heterocycles. The van der Waals surface area contributed by atoms with Crippen molar-refractivity contribution in [1.82, 2.24) is 5.32 Å². The summed E-state index contributed by atoms with van der Waals surface area (Å²) in [4.78, 5) is 11.6. The molecule has 18 heavy (non-hydrogen) atoms. The van der Waals surface area contributed by atoms with E-state index < -0.39 is 0 Å². The fourth-order valence-corrected chi connectivity index (χ4v) is 3.26. The first-order chi connectivity index (χ1) is 8.78. The van der Waals surface area contributed by atoms with Gasteiger partial charge in [0.15, 0.2) is 5.60 Å². The average molecular weight is 251 g/mol. The van der Waals surface area contributed by atoms with E-state index in [0.717, 1.165) is 57.4 Å². The van der Waals surface area contributed by atoms with E-state index in [0.29, 0.717) is 6.10 Å². The summed E-state index contributed by atoms with van der Waals surface area (Å²) < 4.78 is 11.2. The maximum absolute atomic E-state index is 11.6. The molecule has 1 atom stereocenters. The topological polar surface area (TPSA) is 47.6 Å². The summed E-state index contributed by atoms with van der Waals surface area (Å²) in [6.07, 6.45) is 9.65. The SMILES string of the molecule is O=C1C=C(NCC2CCCO2)C2(CCCCC2)O1. The van der Waals surface area contributed by atoms with Crippen molar-refractivity contribution in [2.45, 2.75) is 56.7 Å². The monoisotopic (exact) mass is 251 g/mol. The van der Waals surface area contributed by atoms with Gasteiger partial charge in [0.2, 0.25) is 0 Å². The molecule has 0 aromatic heterocycles. The van der Waals surface area contributed by atoms with Gasteiger partial charge in [0.25, 0.3) is 0 Å². The Bertz CT molecular complexity index is 352. The molecule has 1 saturated carbocycles. The van der Waals surface area contributed by atoms with Crippen LogP contribution in [0.4, 0.5) is 0 Å². The molecular weight excluding hydrogens is 230 g/mol. The van der Waals surface area contributed by atoms with Crippen molar-refractivity contribution in [3.8, 4) is 0 Å². The highest BCUT2D eigenvalue weighted by molar-refractivity contribution is 5.86. The fraction of sp³-hybridized carbons (Fsp3) is 0.786. The zero-order chi connectivity index (χ0) is 12.4. The Morgan fingerprint density at radius 3 is 2.83 bits per heavy atom. The highest BCUT2D eigenvalue weighted by Crippen LogP contribution is 2.40. The van der Waals surface area contributed by atoms with Crippen molar-refractivity contribution in [1.29, 1.82) is 0 Å². The molecule has 0 bridgehead atoms. The van der Waals surface area contributed by atoms with Crippen LogP contribution in [-0.4, -0.2) is 30.8 Å². The zero-order valence-electron chi connectivity index (χ0n) is 10.7. The molecule has 2 aliphatic heterocycles. The van der Waals surface area contributed by atoms with Gasteiger partial charge in [-0.25, -0.2) is 4.79 Å². The second kappa shape index (κ2) is 4.92.